The van der Waals surface area contributed by atoms with Crippen LogP contribution in [0.5, 0.6) is 0 Å². The van der Waals surface area contributed by atoms with Crippen LogP contribution in [0.1, 0.15) is 40.5 Å². The Morgan fingerprint density at radius 2 is 1.97 bits per heavy atom. The molecule has 0 aliphatic heterocycles. The van der Waals surface area contributed by atoms with E-state index in [-0.39, 0.29) is 18.3 Å². The molecule has 1 aliphatic carbocycles. The second-order valence-corrected chi connectivity index (χ2v) is 7.91. The highest BCUT2D eigenvalue weighted by Gasteiger charge is 2.30. The van der Waals surface area contributed by atoms with Gasteiger partial charge in [0.25, 0.3) is 0 Å². The summed E-state index contributed by atoms with van der Waals surface area (Å²) >= 11 is 0. The predicted molar refractivity (Wildman–Crippen MR) is 109 cm³/mol. The number of benzene rings is 1. The summed E-state index contributed by atoms with van der Waals surface area (Å²) in [6, 6.07) is 11.1. The molecule has 8 heteroatoms. The SMILES string of the molecule is O=C(O)Cc1c2c(n3c(F)cccc13)CC(n1nncc1Cc1ccc(F)cc1)CC2. The monoisotopic (exact) mass is 422 g/mol. The lowest BCUT2D eigenvalue weighted by Gasteiger charge is -2.25. The van der Waals surface area contributed by atoms with Crippen LogP contribution in [0.15, 0.2) is 48.7 Å². The van der Waals surface area contributed by atoms with Crippen molar-refractivity contribution in [2.24, 2.45) is 0 Å². The molecule has 158 valence electrons. The first-order chi connectivity index (χ1) is 15.0. The van der Waals surface area contributed by atoms with Crippen LogP contribution in [-0.4, -0.2) is 30.5 Å². The first kappa shape index (κ1) is 19.4. The minimum absolute atomic E-state index is 0.0270. The Morgan fingerprint density at radius 1 is 1.16 bits per heavy atom. The first-order valence-electron chi connectivity index (χ1n) is 10.2. The van der Waals surface area contributed by atoms with Crippen molar-refractivity contribution >= 4 is 11.5 Å². The van der Waals surface area contributed by atoms with Crippen LogP contribution in [0.3, 0.4) is 0 Å². The Bertz CT molecular complexity index is 1280. The molecule has 1 atom stereocenters. The molecule has 0 bridgehead atoms. The van der Waals surface area contributed by atoms with Gasteiger partial charge in [0.2, 0.25) is 0 Å². The van der Waals surface area contributed by atoms with Crippen molar-refractivity contribution in [3.05, 3.63) is 88.5 Å². The molecule has 6 nitrogen and oxygen atoms in total. The topological polar surface area (TPSA) is 72.4 Å². The fourth-order valence-electron chi connectivity index (χ4n) is 4.67. The van der Waals surface area contributed by atoms with E-state index in [1.165, 1.54) is 22.6 Å². The number of halogens is 2. The van der Waals surface area contributed by atoms with E-state index in [0.717, 1.165) is 28.9 Å². The van der Waals surface area contributed by atoms with Crippen molar-refractivity contribution in [3.8, 4) is 0 Å². The standard InChI is InChI=1S/C23H20F2N4O2/c24-15-6-4-14(5-7-15)10-17-13-26-27-29(17)16-8-9-18-19(12-23(30)31)20-2-1-3-22(25)28(20)21(18)11-16/h1-7,13,16H,8-12H2,(H,30,31). The van der Waals surface area contributed by atoms with Crippen LogP contribution < -0.4 is 0 Å². The van der Waals surface area contributed by atoms with E-state index >= 15 is 0 Å². The highest BCUT2D eigenvalue weighted by Crippen LogP contribution is 2.36. The molecular formula is C23H20F2N4O2. The molecule has 5 rings (SSSR count). The number of nitrogens with zero attached hydrogens (tertiary/aromatic N) is 4. The Morgan fingerprint density at radius 3 is 2.74 bits per heavy atom. The Balaban J connectivity index is 1.51. The molecule has 0 fully saturated rings. The van der Waals surface area contributed by atoms with Crippen molar-refractivity contribution in [1.29, 1.82) is 0 Å². The molecule has 4 aromatic rings. The van der Waals surface area contributed by atoms with Gasteiger partial charge in [-0.2, -0.15) is 4.39 Å². The molecule has 1 aliphatic rings. The molecule has 3 heterocycles. The van der Waals surface area contributed by atoms with Gasteiger partial charge in [-0.05, 0) is 53.8 Å². The number of carboxylic acids is 1. The third-order valence-corrected chi connectivity index (χ3v) is 6.01. The maximum atomic E-state index is 14.7. The smallest absolute Gasteiger partial charge is 0.307 e. The number of hydrogen-bond acceptors (Lipinski definition) is 3. The van der Waals surface area contributed by atoms with E-state index in [1.54, 1.807) is 30.5 Å². The summed E-state index contributed by atoms with van der Waals surface area (Å²) in [4.78, 5) is 11.4. The van der Waals surface area contributed by atoms with Gasteiger partial charge in [0.1, 0.15) is 5.82 Å². The van der Waals surface area contributed by atoms with E-state index in [1.807, 2.05) is 4.68 Å². The van der Waals surface area contributed by atoms with Gasteiger partial charge in [-0.3, -0.25) is 9.20 Å². The Labute approximate surface area is 176 Å². The summed E-state index contributed by atoms with van der Waals surface area (Å²) in [5, 5.41) is 17.7. The van der Waals surface area contributed by atoms with Gasteiger partial charge in [0.15, 0.2) is 5.95 Å². The van der Waals surface area contributed by atoms with E-state index in [9.17, 15) is 18.7 Å². The molecule has 1 unspecified atom stereocenters. The van der Waals surface area contributed by atoms with Gasteiger partial charge in [-0.1, -0.05) is 23.4 Å². The normalized spacial score (nSPS) is 15.9. The number of fused-ring (bicyclic) bond motifs is 3. The maximum absolute atomic E-state index is 14.7. The van der Waals surface area contributed by atoms with Gasteiger partial charge in [0, 0.05) is 18.5 Å². The van der Waals surface area contributed by atoms with Crippen molar-refractivity contribution in [1.82, 2.24) is 19.4 Å². The summed E-state index contributed by atoms with van der Waals surface area (Å²) in [7, 11) is 0. The molecule has 1 aromatic carbocycles. The van der Waals surface area contributed by atoms with Crippen LogP contribution >= 0.6 is 0 Å². The molecule has 0 saturated heterocycles. The van der Waals surface area contributed by atoms with Crippen molar-refractivity contribution in [2.45, 2.75) is 38.1 Å². The zero-order valence-corrected chi connectivity index (χ0v) is 16.6. The minimum atomic E-state index is -0.931. The molecule has 0 amide bonds. The van der Waals surface area contributed by atoms with Gasteiger partial charge in [-0.25, -0.2) is 9.07 Å². The van der Waals surface area contributed by atoms with E-state index < -0.39 is 11.9 Å². The highest BCUT2D eigenvalue weighted by molar-refractivity contribution is 5.77. The van der Waals surface area contributed by atoms with Gasteiger partial charge >= 0.3 is 5.97 Å². The second kappa shape index (κ2) is 7.61. The maximum Gasteiger partial charge on any atom is 0.307 e. The van der Waals surface area contributed by atoms with Crippen LogP contribution in [0.4, 0.5) is 8.78 Å². The van der Waals surface area contributed by atoms with Crippen LogP contribution in [-0.2, 0) is 30.5 Å². The molecule has 0 radical (unpaired) electrons. The number of aliphatic carboxylic acids is 1. The number of rotatable bonds is 5. The van der Waals surface area contributed by atoms with Crippen LogP contribution in [0.25, 0.3) is 5.52 Å². The second-order valence-electron chi connectivity index (χ2n) is 7.91. The number of aromatic nitrogens is 4. The quantitative estimate of drug-likeness (QED) is 0.497. The Hall–Kier alpha value is -3.55. The third kappa shape index (κ3) is 3.48. The van der Waals surface area contributed by atoms with Crippen molar-refractivity contribution in [3.63, 3.8) is 0 Å². The fraction of sp³-hybridized carbons (Fsp3) is 0.261. The third-order valence-electron chi connectivity index (χ3n) is 6.01. The summed E-state index contributed by atoms with van der Waals surface area (Å²) in [5.41, 5.74) is 4.85. The van der Waals surface area contributed by atoms with Crippen molar-refractivity contribution in [2.75, 3.05) is 0 Å². The average Bonchev–Trinajstić information content (AvgIpc) is 3.33. The van der Waals surface area contributed by atoms with E-state index in [2.05, 4.69) is 10.3 Å². The lowest BCUT2D eigenvalue weighted by molar-refractivity contribution is -0.136. The minimum Gasteiger partial charge on any atom is -0.481 e. The molecule has 3 aromatic heterocycles. The number of hydrogen-bond donors (Lipinski definition) is 1. The Kier molecular flexibility index (Phi) is 4.77. The molecule has 1 N–H and O–H groups in total. The molecule has 0 spiro atoms. The molecule has 31 heavy (non-hydrogen) atoms. The van der Waals surface area contributed by atoms with Gasteiger partial charge in [0.05, 0.1) is 29.9 Å². The summed E-state index contributed by atoms with van der Waals surface area (Å²) < 4.78 is 31.4. The number of carboxylic acid groups (broad SMARTS) is 1. The summed E-state index contributed by atoms with van der Waals surface area (Å²) in [6.45, 7) is 0. The zero-order valence-electron chi connectivity index (χ0n) is 16.6. The van der Waals surface area contributed by atoms with Crippen LogP contribution in [0.2, 0.25) is 0 Å². The average molecular weight is 422 g/mol. The fourth-order valence-corrected chi connectivity index (χ4v) is 4.67. The first-order valence-corrected chi connectivity index (χ1v) is 10.2. The lowest BCUT2D eigenvalue weighted by Crippen LogP contribution is -2.23. The zero-order chi connectivity index (χ0) is 21.5. The summed E-state index contributed by atoms with van der Waals surface area (Å²) in [6.07, 6.45) is 4.04. The lowest BCUT2D eigenvalue weighted by atomic mass is 9.90. The molecule has 0 saturated carbocycles. The summed E-state index contributed by atoms with van der Waals surface area (Å²) in [5.74, 6) is -1.62. The largest absolute Gasteiger partial charge is 0.481 e. The predicted octanol–water partition coefficient (Wildman–Crippen LogP) is 3.76. The van der Waals surface area contributed by atoms with Gasteiger partial charge < -0.3 is 5.11 Å². The van der Waals surface area contributed by atoms with Crippen molar-refractivity contribution < 1.29 is 18.7 Å². The van der Waals surface area contributed by atoms with E-state index in [0.29, 0.717) is 30.3 Å². The highest BCUT2D eigenvalue weighted by atomic mass is 19.1. The van der Waals surface area contributed by atoms with Gasteiger partial charge in [-0.15, -0.1) is 5.10 Å². The number of pyridine rings is 1. The number of carbonyl (C=O) groups is 1. The molecular weight excluding hydrogens is 402 g/mol. The van der Waals surface area contributed by atoms with Crippen LogP contribution in [0, 0.1) is 11.8 Å². The van der Waals surface area contributed by atoms with E-state index in [4.69, 9.17) is 0 Å².